The van der Waals surface area contributed by atoms with Gasteiger partial charge in [-0.1, -0.05) is 35.9 Å². The van der Waals surface area contributed by atoms with Crippen molar-refractivity contribution in [1.29, 1.82) is 0 Å². The molecule has 0 aliphatic heterocycles. The first-order valence-electron chi connectivity index (χ1n) is 6.09. The summed E-state index contributed by atoms with van der Waals surface area (Å²) < 4.78 is 0. The van der Waals surface area contributed by atoms with Crippen LogP contribution in [0.4, 0.5) is 0 Å². The van der Waals surface area contributed by atoms with Crippen LogP contribution in [-0.4, -0.2) is 28.6 Å². The minimum Gasteiger partial charge on any atom is -0.393 e. The third-order valence-electron chi connectivity index (χ3n) is 2.84. The standard InChI is InChI=1S/C14H15ClN2O2/c1-9(18)6-7-16-14(19)12-8-17-13(15)11-5-3-2-4-10(11)12/h2-5,8-9,18H,6-7H2,1H3,(H,16,19). The minimum absolute atomic E-state index is 0.207. The van der Waals surface area contributed by atoms with Crippen molar-refractivity contribution in [1.82, 2.24) is 10.3 Å². The number of carbonyl (C=O) groups excluding carboxylic acids is 1. The number of hydrogen-bond acceptors (Lipinski definition) is 3. The molecule has 1 aromatic heterocycles. The second kappa shape index (κ2) is 5.99. The van der Waals surface area contributed by atoms with Gasteiger partial charge in [-0.3, -0.25) is 4.79 Å². The number of aliphatic hydroxyl groups is 1. The van der Waals surface area contributed by atoms with Crippen molar-refractivity contribution in [3.8, 4) is 0 Å². The van der Waals surface area contributed by atoms with Crippen LogP contribution >= 0.6 is 11.6 Å². The van der Waals surface area contributed by atoms with E-state index in [4.69, 9.17) is 16.7 Å². The summed E-state index contributed by atoms with van der Waals surface area (Å²) in [5, 5.41) is 13.8. The van der Waals surface area contributed by atoms with Gasteiger partial charge in [0, 0.05) is 18.1 Å². The Kier molecular flexibility index (Phi) is 4.35. The molecule has 1 aromatic carbocycles. The molecule has 0 fully saturated rings. The van der Waals surface area contributed by atoms with Crippen LogP contribution in [0, 0.1) is 0 Å². The lowest BCUT2D eigenvalue weighted by Crippen LogP contribution is -2.26. The van der Waals surface area contributed by atoms with E-state index in [0.717, 1.165) is 10.8 Å². The Morgan fingerprint density at radius 1 is 1.42 bits per heavy atom. The zero-order valence-corrected chi connectivity index (χ0v) is 11.3. The molecule has 0 spiro atoms. The first kappa shape index (κ1) is 13.8. The Labute approximate surface area is 116 Å². The molecule has 2 N–H and O–H groups in total. The first-order valence-corrected chi connectivity index (χ1v) is 6.47. The van der Waals surface area contributed by atoms with Crippen molar-refractivity contribution in [3.05, 3.63) is 41.2 Å². The van der Waals surface area contributed by atoms with Crippen molar-refractivity contribution in [2.24, 2.45) is 0 Å². The van der Waals surface area contributed by atoms with Crippen molar-refractivity contribution in [3.63, 3.8) is 0 Å². The Hall–Kier alpha value is -1.65. The van der Waals surface area contributed by atoms with E-state index in [9.17, 15) is 4.79 Å². The summed E-state index contributed by atoms with van der Waals surface area (Å²) >= 11 is 6.00. The highest BCUT2D eigenvalue weighted by Gasteiger charge is 2.12. The molecule has 5 heteroatoms. The Bertz CT molecular complexity index is 599. The van der Waals surface area contributed by atoms with Gasteiger partial charge in [0.05, 0.1) is 11.7 Å². The lowest BCUT2D eigenvalue weighted by Gasteiger charge is -2.09. The van der Waals surface area contributed by atoms with Gasteiger partial charge in [-0.15, -0.1) is 0 Å². The number of nitrogens with zero attached hydrogens (tertiary/aromatic N) is 1. The Morgan fingerprint density at radius 2 is 2.11 bits per heavy atom. The van der Waals surface area contributed by atoms with Crippen LogP contribution < -0.4 is 5.32 Å². The third kappa shape index (κ3) is 3.22. The molecule has 0 bridgehead atoms. The topological polar surface area (TPSA) is 62.2 Å². The first-order chi connectivity index (χ1) is 9.09. The molecular formula is C14H15ClN2O2. The second-order valence-electron chi connectivity index (χ2n) is 4.40. The fraction of sp³-hybridized carbons (Fsp3) is 0.286. The molecule has 0 aliphatic carbocycles. The van der Waals surface area contributed by atoms with Gasteiger partial charge in [0.1, 0.15) is 5.15 Å². The molecule has 1 unspecified atom stereocenters. The predicted octanol–water partition coefficient (Wildman–Crippen LogP) is 2.39. The zero-order valence-electron chi connectivity index (χ0n) is 10.6. The lowest BCUT2D eigenvalue weighted by molar-refractivity contribution is 0.0947. The molecule has 0 saturated heterocycles. The van der Waals surface area contributed by atoms with E-state index in [2.05, 4.69) is 10.3 Å². The summed E-state index contributed by atoms with van der Waals surface area (Å²) in [6, 6.07) is 7.37. The number of carbonyl (C=O) groups is 1. The van der Waals surface area contributed by atoms with Crippen molar-refractivity contribution >= 4 is 28.3 Å². The van der Waals surface area contributed by atoms with Gasteiger partial charge in [0.15, 0.2) is 0 Å². The van der Waals surface area contributed by atoms with Crippen molar-refractivity contribution in [2.45, 2.75) is 19.4 Å². The SMILES string of the molecule is CC(O)CCNC(=O)c1cnc(Cl)c2ccccc12. The molecule has 100 valence electrons. The average molecular weight is 279 g/mol. The molecule has 1 heterocycles. The van der Waals surface area contributed by atoms with Gasteiger partial charge >= 0.3 is 0 Å². The van der Waals surface area contributed by atoms with Crippen molar-refractivity contribution < 1.29 is 9.90 Å². The zero-order chi connectivity index (χ0) is 13.8. The Balaban J connectivity index is 2.25. The summed E-state index contributed by atoms with van der Waals surface area (Å²) in [5.74, 6) is -0.207. The molecule has 2 aromatic rings. The largest absolute Gasteiger partial charge is 0.393 e. The van der Waals surface area contributed by atoms with Gasteiger partial charge in [0.2, 0.25) is 0 Å². The van der Waals surface area contributed by atoms with Crippen LogP contribution in [0.2, 0.25) is 5.15 Å². The normalized spacial score (nSPS) is 12.4. The van der Waals surface area contributed by atoms with Crippen LogP contribution in [-0.2, 0) is 0 Å². The molecule has 4 nitrogen and oxygen atoms in total. The molecule has 0 radical (unpaired) electrons. The van der Waals surface area contributed by atoms with E-state index in [1.54, 1.807) is 6.92 Å². The number of hydrogen-bond donors (Lipinski definition) is 2. The quantitative estimate of drug-likeness (QED) is 0.844. The highest BCUT2D eigenvalue weighted by atomic mass is 35.5. The maximum atomic E-state index is 12.1. The van der Waals surface area contributed by atoms with Crippen LogP contribution in [0.3, 0.4) is 0 Å². The summed E-state index contributed by atoms with van der Waals surface area (Å²) in [7, 11) is 0. The van der Waals surface area contributed by atoms with Crippen molar-refractivity contribution in [2.75, 3.05) is 6.54 Å². The number of benzene rings is 1. The van der Waals surface area contributed by atoms with E-state index in [0.29, 0.717) is 23.7 Å². The van der Waals surface area contributed by atoms with Gasteiger partial charge < -0.3 is 10.4 Å². The number of pyridine rings is 1. The second-order valence-corrected chi connectivity index (χ2v) is 4.76. The molecule has 2 rings (SSSR count). The van der Waals surface area contributed by atoms with Crippen LogP contribution in [0.1, 0.15) is 23.7 Å². The van der Waals surface area contributed by atoms with Gasteiger partial charge in [-0.2, -0.15) is 0 Å². The summed E-state index contributed by atoms with van der Waals surface area (Å²) in [6.07, 6.45) is 1.56. The van der Waals surface area contributed by atoms with Gasteiger partial charge in [-0.25, -0.2) is 4.98 Å². The minimum atomic E-state index is -0.430. The summed E-state index contributed by atoms with van der Waals surface area (Å²) in [5.41, 5.74) is 0.491. The number of aromatic nitrogens is 1. The molecule has 0 aliphatic rings. The highest BCUT2D eigenvalue weighted by Crippen LogP contribution is 2.23. The lowest BCUT2D eigenvalue weighted by atomic mass is 10.1. The monoisotopic (exact) mass is 278 g/mol. The molecule has 1 amide bonds. The fourth-order valence-electron chi connectivity index (χ4n) is 1.83. The molecule has 19 heavy (non-hydrogen) atoms. The van der Waals surface area contributed by atoms with Crippen LogP contribution in [0.15, 0.2) is 30.5 Å². The number of halogens is 1. The van der Waals surface area contributed by atoms with E-state index < -0.39 is 6.10 Å². The predicted molar refractivity (Wildman–Crippen MR) is 75.4 cm³/mol. The molecule has 1 atom stereocenters. The summed E-state index contributed by atoms with van der Waals surface area (Å²) in [4.78, 5) is 16.1. The third-order valence-corrected chi connectivity index (χ3v) is 3.14. The van der Waals surface area contributed by atoms with E-state index in [1.807, 2.05) is 24.3 Å². The van der Waals surface area contributed by atoms with Crippen LogP contribution in [0.25, 0.3) is 10.8 Å². The number of fused-ring (bicyclic) bond motifs is 1. The maximum absolute atomic E-state index is 12.1. The molecule has 0 saturated carbocycles. The Morgan fingerprint density at radius 3 is 2.79 bits per heavy atom. The summed E-state index contributed by atoms with van der Waals surface area (Å²) in [6.45, 7) is 2.11. The molecular weight excluding hydrogens is 264 g/mol. The van der Waals surface area contributed by atoms with E-state index in [-0.39, 0.29) is 5.91 Å². The van der Waals surface area contributed by atoms with E-state index >= 15 is 0 Å². The smallest absolute Gasteiger partial charge is 0.253 e. The maximum Gasteiger partial charge on any atom is 0.253 e. The highest BCUT2D eigenvalue weighted by molar-refractivity contribution is 6.34. The van der Waals surface area contributed by atoms with Gasteiger partial charge in [-0.05, 0) is 18.7 Å². The van der Waals surface area contributed by atoms with Crippen LogP contribution in [0.5, 0.6) is 0 Å². The van der Waals surface area contributed by atoms with Gasteiger partial charge in [0.25, 0.3) is 5.91 Å². The van der Waals surface area contributed by atoms with E-state index in [1.165, 1.54) is 6.20 Å². The number of amides is 1. The number of rotatable bonds is 4. The number of aliphatic hydroxyl groups excluding tert-OH is 1. The number of nitrogens with one attached hydrogen (secondary N) is 1. The average Bonchev–Trinajstić information content (AvgIpc) is 2.39. The fourth-order valence-corrected chi connectivity index (χ4v) is 2.04.